The van der Waals surface area contributed by atoms with Crippen LogP contribution in [-0.4, -0.2) is 45.3 Å². The molecule has 10 nitrogen and oxygen atoms in total. The molecular weight excluding hydrogens is 344 g/mol. The third-order valence-corrected chi connectivity index (χ3v) is 3.65. The molecule has 0 bridgehead atoms. The maximum atomic E-state index is 11.9. The molecule has 0 atom stereocenters. The zero-order valence-electron chi connectivity index (χ0n) is 14.0. The number of methoxy groups -OCH3 is 1. The highest BCUT2D eigenvalue weighted by molar-refractivity contribution is 5.88. The highest BCUT2D eigenvalue weighted by Gasteiger charge is 2.11. The molecule has 0 aliphatic carbocycles. The van der Waals surface area contributed by atoms with Crippen molar-refractivity contribution >= 4 is 17.6 Å². The number of nitrogens with one attached hydrogen (secondary N) is 1. The fourth-order valence-corrected chi connectivity index (χ4v) is 2.29. The predicted octanol–water partition coefficient (Wildman–Crippen LogP) is 1.25. The summed E-state index contributed by atoms with van der Waals surface area (Å²) in [6.45, 7) is 0.581. The molecule has 0 saturated heterocycles. The quantitative estimate of drug-likeness (QED) is 0.506. The number of carboxylic acids is 1. The lowest BCUT2D eigenvalue weighted by molar-refractivity contribution is -0.385. The van der Waals surface area contributed by atoms with Crippen LogP contribution in [0.5, 0.6) is 5.75 Å². The number of aromatic nitrogens is 2. The summed E-state index contributed by atoms with van der Waals surface area (Å²) in [5, 5.41) is 26.1. The van der Waals surface area contributed by atoms with E-state index >= 15 is 0 Å². The van der Waals surface area contributed by atoms with E-state index in [9.17, 15) is 19.7 Å². The molecule has 0 radical (unpaired) electrons. The normalized spacial score (nSPS) is 10.3. The van der Waals surface area contributed by atoms with E-state index in [1.807, 2.05) is 0 Å². The van der Waals surface area contributed by atoms with Gasteiger partial charge >= 0.3 is 11.7 Å². The molecule has 2 N–H and O–H groups in total. The van der Waals surface area contributed by atoms with Crippen molar-refractivity contribution < 1.29 is 24.4 Å². The number of carboxylic acid groups (broad SMARTS) is 1. The number of benzene rings is 1. The van der Waals surface area contributed by atoms with E-state index in [-0.39, 0.29) is 30.1 Å². The zero-order valence-corrected chi connectivity index (χ0v) is 14.0. The van der Waals surface area contributed by atoms with Crippen LogP contribution in [0.15, 0.2) is 30.6 Å². The number of rotatable bonds is 9. The van der Waals surface area contributed by atoms with Crippen LogP contribution in [0.4, 0.5) is 5.69 Å². The van der Waals surface area contributed by atoms with Crippen molar-refractivity contribution in [2.75, 3.05) is 13.7 Å². The van der Waals surface area contributed by atoms with Gasteiger partial charge in [-0.3, -0.25) is 19.6 Å². The Balaban J connectivity index is 1.80. The molecule has 138 valence electrons. The molecule has 0 saturated carbocycles. The van der Waals surface area contributed by atoms with Gasteiger partial charge in [-0.25, -0.2) is 4.79 Å². The number of hydrogen-bond donors (Lipinski definition) is 2. The van der Waals surface area contributed by atoms with Gasteiger partial charge in [0, 0.05) is 19.5 Å². The van der Waals surface area contributed by atoms with Gasteiger partial charge in [0.05, 0.1) is 17.6 Å². The van der Waals surface area contributed by atoms with Crippen molar-refractivity contribution in [2.45, 2.75) is 19.4 Å². The first kappa shape index (κ1) is 18.9. The Morgan fingerprint density at radius 3 is 2.81 bits per heavy atom. The summed E-state index contributed by atoms with van der Waals surface area (Å²) >= 11 is 0. The van der Waals surface area contributed by atoms with Gasteiger partial charge in [0.1, 0.15) is 18.1 Å². The molecule has 26 heavy (non-hydrogen) atoms. The van der Waals surface area contributed by atoms with Gasteiger partial charge in [-0.05, 0) is 24.1 Å². The number of carbonyl (C=O) groups excluding carboxylic acids is 1. The van der Waals surface area contributed by atoms with Crippen LogP contribution in [-0.2, 0) is 17.8 Å². The van der Waals surface area contributed by atoms with Crippen molar-refractivity contribution in [3.63, 3.8) is 0 Å². The molecular formula is C16H18N4O6. The van der Waals surface area contributed by atoms with E-state index < -0.39 is 10.9 Å². The first-order valence-corrected chi connectivity index (χ1v) is 7.74. The second-order valence-electron chi connectivity index (χ2n) is 5.40. The molecule has 1 amide bonds. The summed E-state index contributed by atoms with van der Waals surface area (Å²) < 4.78 is 6.52. The molecule has 1 heterocycles. The summed E-state index contributed by atoms with van der Waals surface area (Å²) in [7, 11) is 1.45. The average molecular weight is 362 g/mol. The molecule has 2 rings (SSSR count). The van der Waals surface area contributed by atoms with Gasteiger partial charge < -0.3 is 15.2 Å². The van der Waals surface area contributed by atoms with Crippen LogP contribution in [0.2, 0.25) is 0 Å². The Kier molecular flexibility index (Phi) is 6.25. The van der Waals surface area contributed by atoms with Crippen LogP contribution in [0.1, 0.15) is 22.3 Å². The molecule has 0 fully saturated rings. The van der Waals surface area contributed by atoms with Gasteiger partial charge in [-0.2, -0.15) is 5.10 Å². The van der Waals surface area contributed by atoms with E-state index in [0.717, 1.165) is 11.8 Å². The Labute approximate surface area is 148 Å². The van der Waals surface area contributed by atoms with Gasteiger partial charge in [-0.15, -0.1) is 0 Å². The lowest BCUT2D eigenvalue weighted by Crippen LogP contribution is -2.26. The highest BCUT2D eigenvalue weighted by Crippen LogP contribution is 2.20. The minimum atomic E-state index is -1.04. The number of hydrogen-bond acceptors (Lipinski definition) is 6. The van der Waals surface area contributed by atoms with E-state index in [2.05, 4.69) is 10.4 Å². The fourth-order valence-electron chi connectivity index (χ4n) is 2.29. The predicted molar refractivity (Wildman–Crippen MR) is 90.2 cm³/mol. The van der Waals surface area contributed by atoms with Gasteiger partial charge in [0.2, 0.25) is 5.91 Å². The summed E-state index contributed by atoms with van der Waals surface area (Å²) in [6.07, 6.45) is 3.00. The lowest BCUT2D eigenvalue weighted by atomic mass is 10.1. The largest absolute Gasteiger partial charge is 0.496 e. The van der Waals surface area contributed by atoms with Crippen LogP contribution < -0.4 is 10.1 Å². The van der Waals surface area contributed by atoms with Crippen LogP contribution >= 0.6 is 0 Å². The van der Waals surface area contributed by atoms with E-state index in [4.69, 9.17) is 9.84 Å². The van der Waals surface area contributed by atoms with Crippen molar-refractivity contribution in [3.05, 3.63) is 51.8 Å². The van der Waals surface area contributed by atoms with E-state index in [1.165, 1.54) is 30.1 Å². The summed E-state index contributed by atoms with van der Waals surface area (Å²) in [4.78, 5) is 32.8. The lowest BCUT2D eigenvalue weighted by Gasteiger charge is -2.10. The Bertz CT molecular complexity index is 817. The Morgan fingerprint density at radius 2 is 2.19 bits per heavy atom. The second-order valence-corrected chi connectivity index (χ2v) is 5.40. The topological polar surface area (TPSA) is 137 Å². The van der Waals surface area contributed by atoms with Gasteiger partial charge in [-0.1, -0.05) is 6.07 Å². The highest BCUT2D eigenvalue weighted by atomic mass is 16.6. The molecule has 0 spiro atoms. The number of amides is 1. The van der Waals surface area contributed by atoms with Crippen molar-refractivity contribution in [3.8, 4) is 5.75 Å². The average Bonchev–Trinajstić information content (AvgIpc) is 3.09. The summed E-state index contributed by atoms with van der Waals surface area (Å²) in [5.74, 6) is -0.811. The molecule has 0 unspecified atom stereocenters. The maximum absolute atomic E-state index is 11.9. The van der Waals surface area contributed by atoms with Crippen molar-refractivity contribution in [2.24, 2.45) is 0 Å². The minimum Gasteiger partial charge on any atom is -0.496 e. The van der Waals surface area contributed by atoms with Gasteiger partial charge in [0.15, 0.2) is 0 Å². The zero-order chi connectivity index (χ0) is 19.1. The minimum absolute atomic E-state index is 0.123. The molecule has 1 aromatic heterocycles. The SMILES string of the molecule is COc1cc(C(=O)O)ccc1CCNC(=O)CCn1cc([N+](=O)[O-])cn1. The standard InChI is InChI=1S/C16H18N4O6/c1-26-14-8-12(16(22)23)3-2-11(14)4-6-17-15(21)5-7-19-10-13(9-18-19)20(24)25/h2-3,8-10H,4-7H2,1H3,(H,17,21)(H,22,23). The summed E-state index contributed by atoms with van der Waals surface area (Å²) in [5.41, 5.74) is 0.783. The molecule has 0 aliphatic rings. The first-order valence-electron chi connectivity index (χ1n) is 7.74. The van der Waals surface area contributed by atoms with Crippen LogP contribution in [0, 0.1) is 10.1 Å². The molecule has 0 aliphatic heterocycles. The fraction of sp³-hybridized carbons (Fsp3) is 0.312. The third kappa shape index (κ3) is 5.03. The van der Waals surface area contributed by atoms with E-state index in [0.29, 0.717) is 18.7 Å². The number of aromatic carboxylic acids is 1. The third-order valence-electron chi connectivity index (χ3n) is 3.65. The number of aryl methyl sites for hydroxylation is 1. The monoisotopic (exact) mass is 362 g/mol. The van der Waals surface area contributed by atoms with Crippen LogP contribution in [0.3, 0.4) is 0 Å². The number of ether oxygens (including phenoxy) is 1. The Morgan fingerprint density at radius 1 is 1.42 bits per heavy atom. The maximum Gasteiger partial charge on any atom is 0.335 e. The van der Waals surface area contributed by atoms with Crippen LogP contribution in [0.25, 0.3) is 0 Å². The second kappa shape index (κ2) is 8.60. The number of nitro groups is 1. The molecule has 10 heteroatoms. The molecule has 1 aromatic carbocycles. The number of carbonyl (C=O) groups is 2. The molecule has 2 aromatic rings. The first-order chi connectivity index (χ1) is 12.4. The van der Waals surface area contributed by atoms with Crippen molar-refractivity contribution in [1.82, 2.24) is 15.1 Å². The van der Waals surface area contributed by atoms with Gasteiger partial charge in [0.25, 0.3) is 0 Å². The smallest absolute Gasteiger partial charge is 0.335 e. The van der Waals surface area contributed by atoms with E-state index in [1.54, 1.807) is 6.07 Å². The Hall–Kier alpha value is -3.43. The number of nitrogens with zero attached hydrogens (tertiary/aromatic N) is 3. The summed E-state index contributed by atoms with van der Waals surface area (Å²) in [6, 6.07) is 4.56. The van der Waals surface area contributed by atoms with Crippen molar-refractivity contribution in [1.29, 1.82) is 0 Å².